The predicted octanol–water partition coefficient (Wildman–Crippen LogP) is 1.65. The molecule has 0 heterocycles. The minimum absolute atomic E-state index is 0.0649. The zero-order valence-electron chi connectivity index (χ0n) is 10.0. The topological polar surface area (TPSA) is 92.8 Å². The molecule has 4 N–H and O–H groups in total. The molecular formula is C13H17NO4. The fraction of sp³-hybridized carbons (Fsp3) is 0.462. The van der Waals surface area contributed by atoms with E-state index in [0.717, 1.165) is 19.3 Å². The van der Waals surface area contributed by atoms with Crippen molar-refractivity contribution in [3.8, 4) is 5.75 Å². The number of anilines is 1. The third kappa shape index (κ3) is 2.73. The molecule has 0 aromatic heterocycles. The summed E-state index contributed by atoms with van der Waals surface area (Å²) in [5.41, 5.74) is 6.14. The zero-order valence-corrected chi connectivity index (χ0v) is 10.0. The fourth-order valence-electron chi connectivity index (χ4n) is 2.25. The summed E-state index contributed by atoms with van der Waals surface area (Å²) in [7, 11) is 0. The number of aliphatic hydroxyl groups is 1. The quantitative estimate of drug-likeness (QED) is 0.710. The molecule has 2 rings (SSSR count). The van der Waals surface area contributed by atoms with E-state index in [1.54, 1.807) is 12.1 Å². The van der Waals surface area contributed by atoms with Crippen molar-refractivity contribution in [1.29, 1.82) is 0 Å². The summed E-state index contributed by atoms with van der Waals surface area (Å²) in [6, 6.07) is 4.66. The molecule has 2 atom stereocenters. The number of benzene rings is 1. The number of para-hydroxylation sites is 1. The van der Waals surface area contributed by atoms with Crippen LogP contribution in [0.4, 0.5) is 5.69 Å². The Labute approximate surface area is 105 Å². The Bertz CT molecular complexity index is 447. The van der Waals surface area contributed by atoms with Crippen LogP contribution >= 0.6 is 0 Å². The number of rotatable bonds is 3. The van der Waals surface area contributed by atoms with Gasteiger partial charge in [-0.05, 0) is 31.4 Å². The van der Waals surface area contributed by atoms with Crippen molar-refractivity contribution >= 4 is 11.7 Å². The molecule has 18 heavy (non-hydrogen) atoms. The molecular weight excluding hydrogens is 234 g/mol. The summed E-state index contributed by atoms with van der Waals surface area (Å²) < 4.78 is 5.68. The third-order valence-corrected chi connectivity index (χ3v) is 3.16. The average molecular weight is 251 g/mol. The standard InChI is InChI=1S/C13H17NO4/c14-11-6-2-5-10(13(16)17)12(11)18-9-4-1-3-8(15)7-9/h2,5-6,8-9,15H,1,3-4,7,14H2,(H,16,17). The number of carboxylic acids is 1. The summed E-state index contributed by atoms with van der Waals surface area (Å²) in [4.78, 5) is 11.1. The summed E-state index contributed by atoms with van der Waals surface area (Å²) in [6.45, 7) is 0. The van der Waals surface area contributed by atoms with E-state index in [-0.39, 0.29) is 23.5 Å². The lowest BCUT2D eigenvalue weighted by Gasteiger charge is -2.27. The Balaban J connectivity index is 2.20. The van der Waals surface area contributed by atoms with E-state index < -0.39 is 5.97 Å². The first kappa shape index (κ1) is 12.7. The van der Waals surface area contributed by atoms with Gasteiger partial charge < -0.3 is 20.7 Å². The van der Waals surface area contributed by atoms with Gasteiger partial charge in [0.15, 0.2) is 5.75 Å². The predicted molar refractivity (Wildman–Crippen MR) is 66.7 cm³/mol. The summed E-state index contributed by atoms with van der Waals surface area (Å²) >= 11 is 0. The Hall–Kier alpha value is -1.75. The molecule has 0 radical (unpaired) electrons. The largest absolute Gasteiger partial charge is 0.487 e. The van der Waals surface area contributed by atoms with Gasteiger partial charge in [-0.15, -0.1) is 0 Å². The lowest BCUT2D eigenvalue weighted by molar-refractivity contribution is 0.0520. The molecule has 1 saturated carbocycles. The van der Waals surface area contributed by atoms with Crippen molar-refractivity contribution in [2.75, 3.05) is 5.73 Å². The molecule has 2 unspecified atom stereocenters. The first-order chi connectivity index (χ1) is 8.58. The number of ether oxygens (including phenoxy) is 1. The normalized spacial score (nSPS) is 23.6. The molecule has 1 aliphatic rings. The van der Waals surface area contributed by atoms with Gasteiger partial charge in [-0.3, -0.25) is 0 Å². The Morgan fingerprint density at radius 1 is 1.39 bits per heavy atom. The highest BCUT2D eigenvalue weighted by Crippen LogP contribution is 2.31. The van der Waals surface area contributed by atoms with Crippen LogP contribution in [0.2, 0.25) is 0 Å². The van der Waals surface area contributed by atoms with Crippen molar-refractivity contribution < 1.29 is 19.7 Å². The van der Waals surface area contributed by atoms with E-state index in [9.17, 15) is 9.90 Å². The first-order valence-corrected chi connectivity index (χ1v) is 6.04. The molecule has 1 aliphatic carbocycles. The lowest BCUT2D eigenvalue weighted by atomic mass is 9.95. The molecule has 1 fully saturated rings. The van der Waals surface area contributed by atoms with Crippen LogP contribution in [0.15, 0.2) is 18.2 Å². The summed E-state index contributed by atoms with van der Waals surface area (Å²) in [5.74, 6) is -0.849. The molecule has 0 spiro atoms. The lowest BCUT2D eigenvalue weighted by Crippen LogP contribution is -2.29. The van der Waals surface area contributed by atoms with Gasteiger partial charge in [0.05, 0.1) is 11.8 Å². The van der Waals surface area contributed by atoms with Crippen molar-refractivity contribution in [3.63, 3.8) is 0 Å². The van der Waals surface area contributed by atoms with E-state index in [0.29, 0.717) is 12.1 Å². The van der Waals surface area contributed by atoms with Crippen molar-refractivity contribution in [3.05, 3.63) is 23.8 Å². The van der Waals surface area contributed by atoms with Gasteiger partial charge in [-0.25, -0.2) is 4.79 Å². The monoisotopic (exact) mass is 251 g/mol. The van der Waals surface area contributed by atoms with E-state index in [4.69, 9.17) is 15.6 Å². The van der Waals surface area contributed by atoms with Crippen molar-refractivity contribution in [2.24, 2.45) is 0 Å². The van der Waals surface area contributed by atoms with Crippen LogP contribution in [-0.4, -0.2) is 28.4 Å². The van der Waals surface area contributed by atoms with E-state index in [1.165, 1.54) is 6.07 Å². The van der Waals surface area contributed by atoms with E-state index >= 15 is 0 Å². The number of nitrogens with two attached hydrogens (primary N) is 1. The molecule has 5 heteroatoms. The second kappa shape index (κ2) is 5.27. The van der Waals surface area contributed by atoms with Gasteiger partial charge in [-0.2, -0.15) is 0 Å². The molecule has 0 bridgehead atoms. The van der Waals surface area contributed by atoms with E-state index in [1.807, 2.05) is 0 Å². The maximum Gasteiger partial charge on any atom is 0.339 e. The number of carboxylic acid groups (broad SMARTS) is 1. The van der Waals surface area contributed by atoms with E-state index in [2.05, 4.69) is 0 Å². The van der Waals surface area contributed by atoms with Gasteiger partial charge in [0.2, 0.25) is 0 Å². The highest BCUT2D eigenvalue weighted by atomic mass is 16.5. The van der Waals surface area contributed by atoms with Crippen LogP contribution in [0.25, 0.3) is 0 Å². The number of aromatic carboxylic acids is 1. The smallest absolute Gasteiger partial charge is 0.339 e. The van der Waals surface area contributed by atoms with Crippen LogP contribution in [-0.2, 0) is 0 Å². The molecule has 5 nitrogen and oxygen atoms in total. The SMILES string of the molecule is Nc1cccc(C(=O)O)c1OC1CCCC(O)C1. The number of hydrogen-bond acceptors (Lipinski definition) is 4. The van der Waals surface area contributed by atoms with Crippen LogP contribution in [0.3, 0.4) is 0 Å². The first-order valence-electron chi connectivity index (χ1n) is 6.04. The van der Waals surface area contributed by atoms with Gasteiger partial charge in [0.25, 0.3) is 0 Å². The summed E-state index contributed by atoms with van der Waals surface area (Å²) in [5, 5.41) is 18.7. The van der Waals surface area contributed by atoms with Crippen molar-refractivity contribution in [1.82, 2.24) is 0 Å². The number of hydrogen-bond donors (Lipinski definition) is 3. The molecule has 98 valence electrons. The maximum atomic E-state index is 11.1. The molecule has 1 aromatic rings. The Kier molecular flexibility index (Phi) is 3.72. The highest BCUT2D eigenvalue weighted by molar-refractivity contribution is 5.93. The number of nitrogen functional groups attached to an aromatic ring is 1. The zero-order chi connectivity index (χ0) is 13.1. The molecule has 0 aliphatic heterocycles. The number of aliphatic hydroxyl groups excluding tert-OH is 1. The number of carbonyl (C=O) groups is 1. The second-order valence-electron chi connectivity index (χ2n) is 4.59. The average Bonchev–Trinajstić information content (AvgIpc) is 2.31. The van der Waals surface area contributed by atoms with Gasteiger partial charge in [0, 0.05) is 6.42 Å². The highest BCUT2D eigenvalue weighted by Gasteiger charge is 2.24. The van der Waals surface area contributed by atoms with Crippen LogP contribution in [0, 0.1) is 0 Å². The molecule has 0 saturated heterocycles. The van der Waals surface area contributed by atoms with Gasteiger partial charge in [0.1, 0.15) is 11.7 Å². The van der Waals surface area contributed by atoms with Crippen molar-refractivity contribution in [2.45, 2.75) is 37.9 Å². The molecule has 0 amide bonds. The van der Waals surface area contributed by atoms with Crippen LogP contribution < -0.4 is 10.5 Å². The Morgan fingerprint density at radius 2 is 2.17 bits per heavy atom. The minimum Gasteiger partial charge on any atom is -0.487 e. The van der Waals surface area contributed by atoms with Gasteiger partial charge >= 0.3 is 5.97 Å². The van der Waals surface area contributed by atoms with Gasteiger partial charge in [-0.1, -0.05) is 6.07 Å². The second-order valence-corrected chi connectivity index (χ2v) is 4.59. The summed E-state index contributed by atoms with van der Waals surface area (Å²) in [6.07, 6.45) is 2.44. The molecule has 1 aromatic carbocycles. The minimum atomic E-state index is -1.06. The Morgan fingerprint density at radius 3 is 2.83 bits per heavy atom. The maximum absolute atomic E-state index is 11.1. The third-order valence-electron chi connectivity index (χ3n) is 3.16. The van der Waals surface area contributed by atoms with Crippen LogP contribution in [0.1, 0.15) is 36.0 Å². The van der Waals surface area contributed by atoms with Crippen LogP contribution in [0.5, 0.6) is 5.75 Å². The fourth-order valence-corrected chi connectivity index (χ4v) is 2.25.